The van der Waals surface area contributed by atoms with Gasteiger partial charge in [-0.25, -0.2) is 4.79 Å². The van der Waals surface area contributed by atoms with Crippen molar-refractivity contribution in [2.45, 2.75) is 67.5 Å². The van der Waals surface area contributed by atoms with Crippen LogP contribution in [0.3, 0.4) is 0 Å². The fourth-order valence-electron chi connectivity index (χ4n) is 4.11. The van der Waals surface area contributed by atoms with E-state index >= 15 is 0 Å². The summed E-state index contributed by atoms with van der Waals surface area (Å²) >= 11 is 0. The first-order valence-corrected chi connectivity index (χ1v) is 10.7. The predicted octanol–water partition coefficient (Wildman–Crippen LogP) is 0.837. The number of hydrogen-bond acceptors (Lipinski definition) is 11. The minimum Gasteiger partial charge on any atom is -0.455 e. The van der Waals surface area contributed by atoms with Crippen LogP contribution in [0.2, 0.25) is 0 Å². The van der Waals surface area contributed by atoms with Gasteiger partial charge in [0.2, 0.25) is 0 Å². The lowest BCUT2D eigenvalue weighted by Crippen LogP contribution is -2.63. The van der Waals surface area contributed by atoms with E-state index in [1.54, 1.807) is 18.2 Å². The van der Waals surface area contributed by atoms with Crippen LogP contribution in [-0.4, -0.2) is 94.0 Å². The molecule has 0 spiro atoms. The number of aliphatic hydroxyl groups is 4. The molecule has 1 saturated heterocycles. The number of hydrogen-bond donors (Lipinski definition) is 4. The van der Waals surface area contributed by atoms with Crippen LogP contribution in [0.15, 0.2) is 45.7 Å². The van der Waals surface area contributed by atoms with Gasteiger partial charge >= 0.3 is 5.97 Å². The first kappa shape index (κ1) is 27.0. The van der Waals surface area contributed by atoms with Crippen LogP contribution in [0.25, 0.3) is 31.3 Å². The van der Waals surface area contributed by atoms with Crippen molar-refractivity contribution < 1.29 is 39.4 Å². The summed E-state index contributed by atoms with van der Waals surface area (Å²) in [5.41, 5.74) is 26.9. The van der Waals surface area contributed by atoms with Gasteiger partial charge in [0, 0.05) is 14.7 Å². The Morgan fingerprint density at radius 1 is 0.944 bits per heavy atom. The molecule has 0 amide bonds. The second-order valence-corrected chi connectivity index (χ2v) is 8.01. The van der Waals surface area contributed by atoms with Crippen molar-refractivity contribution >= 4 is 5.97 Å². The van der Waals surface area contributed by atoms with Crippen LogP contribution in [0.5, 0.6) is 0 Å². The average molecular weight is 505 g/mol. The highest BCUT2D eigenvalue weighted by Crippen LogP contribution is 2.33. The Balaban J connectivity index is 1.92. The molecule has 1 heterocycles. The standard InChI is InChI=1S/C19H23N9O8/c20-26-23-9-6-10(24-27-21)16(15(32)13(9)30)36-19-12(25-28-22)17(14(31)11(7-29)34-19)35-18(33)8-4-2-1-3-5-8/h1-5,9-17,19,29-32H,6-7H2/t9-,10?,11?,12?,13?,14-,15?,16-,17?,19-/m1/s1. The highest BCUT2D eigenvalue weighted by Gasteiger charge is 2.51. The third-order valence-electron chi connectivity index (χ3n) is 5.89. The van der Waals surface area contributed by atoms with Crippen molar-refractivity contribution in [3.8, 4) is 0 Å². The van der Waals surface area contributed by atoms with Gasteiger partial charge in [-0.2, -0.15) is 0 Å². The van der Waals surface area contributed by atoms with Crippen molar-refractivity contribution in [3.05, 3.63) is 67.2 Å². The second-order valence-electron chi connectivity index (χ2n) is 8.01. The van der Waals surface area contributed by atoms with Crippen molar-refractivity contribution in [1.82, 2.24) is 0 Å². The normalized spacial score (nSPS) is 35.9. The van der Waals surface area contributed by atoms with Gasteiger partial charge in [-0.1, -0.05) is 33.5 Å². The Hall–Kier alpha value is -3.62. The van der Waals surface area contributed by atoms with Gasteiger partial charge in [0.25, 0.3) is 0 Å². The molecule has 1 aliphatic heterocycles. The molecule has 0 radical (unpaired) electrons. The zero-order valence-corrected chi connectivity index (χ0v) is 18.5. The Labute approximate surface area is 202 Å². The molecule has 1 saturated carbocycles. The number of carbonyl (C=O) groups is 1. The Morgan fingerprint density at radius 3 is 2.19 bits per heavy atom. The molecule has 3 rings (SSSR count). The number of carbonyl (C=O) groups excluding carboxylic acids is 1. The van der Waals surface area contributed by atoms with Crippen molar-refractivity contribution in [3.63, 3.8) is 0 Å². The quantitative estimate of drug-likeness (QED) is 0.169. The lowest BCUT2D eigenvalue weighted by molar-refractivity contribution is -0.293. The van der Waals surface area contributed by atoms with Crippen LogP contribution in [-0.2, 0) is 14.2 Å². The van der Waals surface area contributed by atoms with E-state index in [4.69, 9.17) is 30.8 Å². The monoisotopic (exact) mass is 505 g/mol. The van der Waals surface area contributed by atoms with Gasteiger partial charge in [0.1, 0.15) is 30.5 Å². The minimum atomic E-state index is -1.75. The molecule has 36 heavy (non-hydrogen) atoms. The van der Waals surface area contributed by atoms with E-state index in [-0.39, 0.29) is 12.0 Å². The van der Waals surface area contributed by atoms with Gasteiger partial charge < -0.3 is 34.6 Å². The first-order valence-electron chi connectivity index (χ1n) is 10.7. The van der Waals surface area contributed by atoms with Gasteiger partial charge in [-0.15, -0.1) is 0 Å². The molecule has 17 heteroatoms. The van der Waals surface area contributed by atoms with E-state index in [2.05, 4.69) is 30.1 Å². The van der Waals surface area contributed by atoms with E-state index in [0.29, 0.717) is 0 Å². The van der Waals surface area contributed by atoms with Crippen LogP contribution < -0.4 is 0 Å². The molecule has 1 aliphatic carbocycles. The maximum absolute atomic E-state index is 12.6. The number of ether oxygens (including phenoxy) is 3. The van der Waals surface area contributed by atoms with Gasteiger partial charge in [0.15, 0.2) is 6.29 Å². The molecular weight excluding hydrogens is 482 g/mol. The highest BCUT2D eigenvalue weighted by molar-refractivity contribution is 5.89. The number of azide groups is 3. The van der Waals surface area contributed by atoms with E-state index in [9.17, 15) is 25.2 Å². The van der Waals surface area contributed by atoms with Gasteiger partial charge in [0.05, 0.1) is 36.5 Å². The van der Waals surface area contributed by atoms with Crippen LogP contribution in [0.4, 0.5) is 0 Å². The summed E-state index contributed by atoms with van der Waals surface area (Å²) in [6.45, 7) is -0.752. The fraction of sp³-hybridized carbons (Fsp3) is 0.632. The maximum Gasteiger partial charge on any atom is 0.338 e. The zero-order valence-electron chi connectivity index (χ0n) is 18.5. The molecule has 2 fully saturated rings. The summed E-state index contributed by atoms with van der Waals surface area (Å²) in [7, 11) is 0. The number of nitrogens with zero attached hydrogens (tertiary/aromatic N) is 9. The zero-order chi connectivity index (χ0) is 26.2. The summed E-state index contributed by atoms with van der Waals surface area (Å²) < 4.78 is 16.7. The van der Waals surface area contributed by atoms with Crippen LogP contribution in [0, 0.1) is 0 Å². The van der Waals surface area contributed by atoms with E-state index in [1.165, 1.54) is 12.1 Å². The molecule has 0 bridgehead atoms. The molecule has 2 aliphatic rings. The van der Waals surface area contributed by atoms with E-state index in [1.807, 2.05) is 0 Å². The largest absolute Gasteiger partial charge is 0.455 e. The summed E-state index contributed by atoms with van der Waals surface area (Å²) in [5.74, 6) is -0.868. The van der Waals surface area contributed by atoms with Gasteiger partial charge in [-0.3, -0.25) is 0 Å². The first-order chi connectivity index (χ1) is 17.4. The second kappa shape index (κ2) is 12.4. The Bertz CT molecular complexity index is 1060. The van der Waals surface area contributed by atoms with Crippen molar-refractivity contribution in [2.75, 3.05) is 6.61 Å². The average Bonchev–Trinajstić information content (AvgIpc) is 2.88. The SMILES string of the molecule is [N-]=[N+]=NC1C(OC(=O)c2ccccc2)[C@H](O)C(CO)O[C@@H]1O[C@@H]1C(N=[N+]=[N-])C[C@@H](N=[N+]=[N-])C(O)C1O. The molecule has 4 N–H and O–H groups in total. The molecule has 1 aromatic rings. The topological polar surface area (TPSA) is 272 Å². The summed E-state index contributed by atoms with van der Waals surface area (Å²) in [6.07, 6.45) is -11.2. The fourth-order valence-corrected chi connectivity index (χ4v) is 4.11. The van der Waals surface area contributed by atoms with Crippen LogP contribution in [0.1, 0.15) is 16.8 Å². The molecular formula is C19H23N9O8. The predicted molar refractivity (Wildman–Crippen MR) is 118 cm³/mol. The molecule has 192 valence electrons. The summed E-state index contributed by atoms with van der Waals surface area (Å²) in [4.78, 5) is 20.6. The number of benzene rings is 1. The van der Waals surface area contributed by atoms with Crippen LogP contribution >= 0.6 is 0 Å². The van der Waals surface area contributed by atoms with E-state index < -0.39 is 73.6 Å². The number of esters is 1. The summed E-state index contributed by atoms with van der Waals surface area (Å²) in [6, 6.07) is 3.93. The van der Waals surface area contributed by atoms with E-state index in [0.717, 1.165) is 0 Å². The Morgan fingerprint density at radius 2 is 1.58 bits per heavy atom. The molecule has 0 aromatic heterocycles. The van der Waals surface area contributed by atoms with Gasteiger partial charge in [-0.05, 0) is 35.1 Å². The third-order valence-corrected chi connectivity index (χ3v) is 5.89. The highest BCUT2D eigenvalue weighted by atomic mass is 16.7. The van der Waals surface area contributed by atoms with Crippen molar-refractivity contribution in [2.24, 2.45) is 15.3 Å². The molecule has 10 atom stereocenters. The number of rotatable bonds is 8. The molecule has 17 nitrogen and oxygen atoms in total. The third kappa shape index (κ3) is 5.78. The lowest BCUT2D eigenvalue weighted by atomic mass is 9.84. The molecule has 1 aromatic carbocycles. The maximum atomic E-state index is 12.6. The summed E-state index contributed by atoms with van der Waals surface area (Å²) in [5, 5.41) is 51.8. The smallest absolute Gasteiger partial charge is 0.338 e. The van der Waals surface area contributed by atoms with Crippen molar-refractivity contribution in [1.29, 1.82) is 0 Å². The molecule has 6 unspecified atom stereocenters. The minimum absolute atomic E-state index is 0.132. The number of aliphatic hydroxyl groups excluding tert-OH is 4. The lowest BCUT2D eigenvalue weighted by Gasteiger charge is -2.46. The Kier molecular flexibility index (Phi) is 9.27.